The summed E-state index contributed by atoms with van der Waals surface area (Å²) in [5, 5.41) is 3.56. The molecule has 0 spiro atoms. The Bertz CT molecular complexity index is 509. The summed E-state index contributed by atoms with van der Waals surface area (Å²) in [5.74, 6) is 0. The third kappa shape index (κ3) is 2.92. The molecule has 0 amide bonds. The van der Waals surface area contributed by atoms with Crippen molar-refractivity contribution in [3.05, 3.63) is 64.7 Å². The van der Waals surface area contributed by atoms with E-state index in [1.165, 1.54) is 27.9 Å². The Balaban J connectivity index is 1.99. The first kappa shape index (κ1) is 12.7. The van der Waals surface area contributed by atoms with Gasteiger partial charge in [-0.15, -0.1) is 0 Å². The Hall–Kier alpha value is -1.76. The minimum absolute atomic E-state index is 0.983. The summed E-state index contributed by atoms with van der Waals surface area (Å²) in [6.45, 7) is 7.47. The molecule has 0 fully saturated rings. The van der Waals surface area contributed by atoms with E-state index in [-0.39, 0.29) is 0 Å². The molecule has 2 rings (SSSR count). The Morgan fingerprint density at radius 1 is 0.778 bits per heavy atom. The molecule has 1 heteroatoms. The molecule has 18 heavy (non-hydrogen) atoms. The van der Waals surface area contributed by atoms with Crippen LogP contribution in [0.25, 0.3) is 0 Å². The molecular formula is C17H21N. The number of para-hydroxylation sites is 1. The molecule has 2 aromatic carbocycles. The first-order valence-electron chi connectivity index (χ1n) is 6.53. The number of anilines is 1. The lowest BCUT2D eigenvalue weighted by Crippen LogP contribution is -2.08. The van der Waals surface area contributed by atoms with E-state index in [0.717, 1.165) is 13.0 Å². The first-order chi connectivity index (χ1) is 8.68. The lowest BCUT2D eigenvalue weighted by molar-refractivity contribution is 1.000. The quantitative estimate of drug-likeness (QED) is 0.840. The van der Waals surface area contributed by atoms with Crippen LogP contribution in [-0.2, 0) is 6.42 Å². The van der Waals surface area contributed by atoms with E-state index in [4.69, 9.17) is 0 Å². The van der Waals surface area contributed by atoms with Gasteiger partial charge in [0.25, 0.3) is 0 Å². The van der Waals surface area contributed by atoms with Gasteiger partial charge in [0.1, 0.15) is 0 Å². The average molecular weight is 239 g/mol. The lowest BCUT2D eigenvalue weighted by Gasteiger charge is -2.13. The minimum atomic E-state index is 0.983. The average Bonchev–Trinajstić information content (AvgIpc) is 2.35. The van der Waals surface area contributed by atoms with Crippen LogP contribution >= 0.6 is 0 Å². The summed E-state index contributed by atoms with van der Waals surface area (Å²) in [6, 6.07) is 15.0. The molecule has 0 aliphatic rings. The van der Waals surface area contributed by atoms with Crippen LogP contribution in [0.1, 0.15) is 22.3 Å². The highest BCUT2D eigenvalue weighted by molar-refractivity contribution is 5.56. The molecule has 0 saturated carbocycles. The summed E-state index contributed by atoms with van der Waals surface area (Å²) in [7, 11) is 0. The van der Waals surface area contributed by atoms with Crippen molar-refractivity contribution in [2.75, 3.05) is 11.9 Å². The maximum Gasteiger partial charge on any atom is 0.0399 e. The molecular weight excluding hydrogens is 218 g/mol. The summed E-state index contributed by atoms with van der Waals surface area (Å²) < 4.78 is 0. The standard InChI is InChI=1S/C17H21N/c1-13-7-4-5-10-16(13)11-12-18-17-14(2)8-6-9-15(17)3/h4-10,18H,11-12H2,1-3H3. The Morgan fingerprint density at radius 3 is 2.06 bits per heavy atom. The SMILES string of the molecule is Cc1ccccc1CCNc1c(C)cccc1C. The Kier molecular flexibility index (Phi) is 4.03. The van der Waals surface area contributed by atoms with Gasteiger partial charge in [0, 0.05) is 12.2 Å². The molecule has 1 N–H and O–H groups in total. The fourth-order valence-corrected chi connectivity index (χ4v) is 2.31. The second-order valence-corrected chi connectivity index (χ2v) is 4.87. The van der Waals surface area contributed by atoms with E-state index in [9.17, 15) is 0 Å². The fraction of sp³-hybridized carbons (Fsp3) is 0.294. The van der Waals surface area contributed by atoms with Crippen LogP contribution in [0.3, 0.4) is 0 Å². The number of rotatable bonds is 4. The Morgan fingerprint density at radius 2 is 1.39 bits per heavy atom. The molecule has 0 bridgehead atoms. The molecule has 2 aromatic rings. The van der Waals surface area contributed by atoms with Crippen molar-refractivity contribution in [3.8, 4) is 0 Å². The highest BCUT2D eigenvalue weighted by Gasteiger charge is 2.01. The van der Waals surface area contributed by atoms with Crippen molar-refractivity contribution in [3.63, 3.8) is 0 Å². The minimum Gasteiger partial charge on any atom is -0.384 e. The highest BCUT2D eigenvalue weighted by Crippen LogP contribution is 2.19. The molecule has 0 radical (unpaired) electrons. The Labute approximate surface area is 110 Å². The maximum atomic E-state index is 3.56. The summed E-state index contributed by atoms with van der Waals surface area (Å²) >= 11 is 0. The van der Waals surface area contributed by atoms with Crippen LogP contribution in [0.5, 0.6) is 0 Å². The van der Waals surface area contributed by atoms with Crippen LogP contribution in [0.15, 0.2) is 42.5 Å². The predicted octanol–water partition coefficient (Wildman–Crippen LogP) is 4.27. The van der Waals surface area contributed by atoms with Gasteiger partial charge in [-0.05, 0) is 49.4 Å². The van der Waals surface area contributed by atoms with Crippen LogP contribution in [0.2, 0.25) is 0 Å². The number of benzene rings is 2. The molecule has 0 atom stereocenters. The second kappa shape index (κ2) is 5.72. The normalized spacial score (nSPS) is 10.4. The van der Waals surface area contributed by atoms with Crippen molar-refractivity contribution >= 4 is 5.69 Å². The van der Waals surface area contributed by atoms with Gasteiger partial charge in [-0.25, -0.2) is 0 Å². The van der Waals surface area contributed by atoms with Crippen LogP contribution in [0.4, 0.5) is 5.69 Å². The second-order valence-electron chi connectivity index (χ2n) is 4.87. The van der Waals surface area contributed by atoms with Gasteiger partial charge in [-0.1, -0.05) is 42.5 Å². The first-order valence-corrected chi connectivity index (χ1v) is 6.53. The van der Waals surface area contributed by atoms with Gasteiger partial charge < -0.3 is 5.32 Å². The molecule has 0 aromatic heterocycles. The van der Waals surface area contributed by atoms with Crippen molar-refractivity contribution < 1.29 is 0 Å². The van der Waals surface area contributed by atoms with Crippen LogP contribution in [-0.4, -0.2) is 6.54 Å². The van der Waals surface area contributed by atoms with E-state index < -0.39 is 0 Å². The maximum absolute atomic E-state index is 3.56. The van der Waals surface area contributed by atoms with Crippen LogP contribution in [0, 0.1) is 20.8 Å². The van der Waals surface area contributed by atoms with Crippen molar-refractivity contribution in [1.29, 1.82) is 0 Å². The summed E-state index contributed by atoms with van der Waals surface area (Å²) in [6.07, 6.45) is 1.07. The van der Waals surface area contributed by atoms with Crippen molar-refractivity contribution in [1.82, 2.24) is 0 Å². The number of hydrogen-bond acceptors (Lipinski definition) is 1. The predicted molar refractivity (Wildman–Crippen MR) is 79.3 cm³/mol. The molecule has 1 nitrogen and oxygen atoms in total. The smallest absolute Gasteiger partial charge is 0.0399 e. The zero-order chi connectivity index (χ0) is 13.0. The van der Waals surface area contributed by atoms with Gasteiger partial charge >= 0.3 is 0 Å². The molecule has 0 unspecified atom stereocenters. The number of hydrogen-bond donors (Lipinski definition) is 1. The van der Waals surface area contributed by atoms with Gasteiger partial charge in [0.05, 0.1) is 0 Å². The number of nitrogens with one attached hydrogen (secondary N) is 1. The lowest BCUT2D eigenvalue weighted by atomic mass is 10.1. The van der Waals surface area contributed by atoms with E-state index >= 15 is 0 Å². The van der Waals surface area contributed by atoms with Crippen molar-refractivity contribution in [2.45, 2.75) is 27.2 Å². The fourth-order valence-electron chi connectivity index (χ4n) is 2.31. The summed E-state index contributed by atoms with van der Waals surface area (Å²) in [4.78, 5) is 0. The van der Waals surface area contributed by atoms with Gasteiger partial charge in [0.2, 0.25) is 0 Å². The van der Waals surface area contributed by atoms with E-state index in [1.807, 2.05) is 0 Å². The topological polar surface area (TPSA) is 12.0 Å². The highest BCUT2D eigenvalue weighted by atomic mass is 14.9. The molecule has 0 saturated heterocycles. The van der Waals surface area contributed by atoms with Crippen molar-refractivity contribution in [2.24, 2.45) is 0 Å². The molecule has 0 heterocycles. The third-order valence-electron chi connectivity index (χ3n) is 3.44. The largest absolute Gasteiger partial charge is 0.384 e. The zero-order valence-electron chi connectivity index (χ0n) is 11.5. The monoisotopic (exact) mass is 239 g/mol. The van der Waals surface area contributed by atoms with Crippen LogP contribution < -0.4 is 5.32 Å². The summed E-state index contributed by atoms with van der Waals surface area (Å²) in [5.41, 5.74) is 6.72. The van der Waals surface area contributed by atoms with E-state index in [0.29, 0.717) is 0 Å². The molecule has 0 aliphatic carbocycles. The number of aryl methyl sites for hydroxylation is 3. The van der Waals surface area contributed by atoms with Gasteiger partial charge in [-0.3, -0.25) is 0 Å². The zero-order valence-corrected chi connectivity index (χ0v) is 11.5. The van der Waals surface area contributed by atoms with Gasteiger partial charge in [0.15, 0.2) is 0 Å². The molecule has 0 aliphatic heterocycles. The van der Waals surface area contributed by atoms with E-state index in [2.05, 4.69) is 68.6 Å². The van der Waals surface area contributed by atoms with E-state index in [1.54, 1.807) is 0 Å². The van der Waals surface area contributed by atoms with Gasteiger partial charge in [-0.2, -0.15) is 0 Å². The third-order valence-corrected chi connectivity index (χ3v) is 3.44. The molecule has 94 valence electrons.